The highest BCUT2D eigenvalue weighted by molar-refractivity contribution is 8.00. The molecule has 0 aromatic heterocycles. The van der Waals surface area contributed by atoms with E-state index in [9.17, 15) is 28.1 Å². The first-order valence-corrected chi connectivity index (χ1v) is 7.86. The maximum atomic E-state index is 12.6. The zero-order chi connectivity index (χ0) is 18.3. The smallest absolute Gasteiger partial charge is 0.385 e. The van der Waals surface area contributed by atoms with E-state index in [1.807, 2.05) is 0 Å². The van der Waals surface area contributed by atoms with Crippen LogP contribution in [-0.4, -0.2) is 48.8 Å². The van der Waals surface area contributed by atoms with Gasteiger partial charge in [-0.25, -0.2) is 0 Å². The zero-order valence-corrected chi connectivity index (χ0v) is 13.9. The Morgan fingerprint density at radius 2 is 2.08 bits per heavy atom. The summed E-state index contributed by atoms with van der Waals surface area (Å²) in [4.78, 5) is 23.5. The highest BCUT2D eigenvalue weighted by atomic mass is 32.2. The third kappa shape index (κ3) is 6.00. The molecule has 0 radical (unpaired) electrons. The number of alkyl halides is 3. The number of carbonyl (C=O) groups excluding carboxylic acids is 1. The van der Waals surface area contributed by atoms with Crippen molar-refractivity contribution in [3.63, 3.8) is 0 Å². The molecule has 0 atom stereocenters. The van der Waals surface area contributed by atoms with Crippen LogP contribution < -0.4 is 0 Å². The number of benzene rings is 1. The number of nitro benzene ring substituents is 1. The molecule has 0 spiro atoms. The number of ether oxygens (including phenoxy) is 1. The van der Waals surface area contributed by atoms with Gasteiger partial charge in [-0.1, -0.05) is 0 Å². The quantitative estimate of drug-likeness (QED) is 0.306. The predicted molar refractivity (Wildman–Crippen MR) is 83.0 cm³/mol. The number of halogens is 3. The summed E-state index contributed by atoms with van der Waals surface area (Å²) in [5.41, 5.74) is -1.76. The van der Waals surface area contributed by atoms with Crippen LogP contribution in [0.15, 0.2) is 23.1 Å². The van der Waals surface area contributed by atoms with E-state index in [1.165, 1.54) is 4.90 Å². The van der Waals surface area contributed by atoms with Gasteiger partial charge in [0.15, 0.2) is 0 Å². The molecule has 0 aliphatic rings. The molecule has 0 fully saturated rings. The lowest BCUT2D eigenvalue weighted by molar-refractivity contribution is -0.388. The average Bonchev–Trinajstić information content (AvgIpc) is 2.51. The van der Waals surface area contributed by atoms with E-state index in [0.717, 1.165) is 23.9 Å². The largest absolute Gasteiger partial charge is 0.416 e. The van der Waals surface area contributed by atoms with Gasteiger partial charge >= 0.3 is 6.18 Å². The van der Waals surface area contributed by atoms with Crippen molar-refractivity contribution >= 4 is 23.4 Å². The summed E-state index contributed by atoms with van der Waals surface area (Å²) < 4.78 is 42.8. The molecule has 1 amide bonds. The Morgan fingerprint density at radius 3 is 2.62 bits per heavy atom. The van der Waals surface area contributed by atoms with Crippen molar-refractivity contribution in [3.8, 4) is 0 Å². The SMILES string of the molecule is COCCCN(C)C(=O)CSc1ccc(C(F)(F)F)cc1[N+](=O)[O-]. The molecule has 0 heterocycles. The number of nitro groups is 1. The third-order valence-electron chi connectivity index (χ3n) is 3.10. The summed E-state index contributed by atoms with van der Waals surface area (Å²) >= 11 is 0.839. The fraction of sp³-hybridized carbons (Fsp3) is 0.500. The van der Waals surface area contributed by atoms with Gasteiger partial charge < -0.3 is 9.64 Å². The van der Waals surface area contributed by atoms with Crippen LogP contribution in [-0.2, 0) is 15.7 Å². The van der Waals surface area contributed by atoms with Crippen LogP contribution in [0.1, 0.15) is 12.0 Å². The Morgan fingerprint density at radius 1 is 1.42 bits per heavy atom. The van der Waals surface area contributed by atoms with Gasteiger partial charge in [-0.15, -0.1) is 11.8 Å². The molecule has 1 aromatic carbocycles. The van der Waals surface area contributed by atoms with Gasteiger partial charge in [-0.05, 0) is 18.6 Å². The minimum atomic E-state index is -4.66. The standard InChI is InChI=1S/C14H17F3N2O4S/c1-18(6-3-7-23-2)13(20)9-24-12-5-4-10(14(15,16)17)8-11(12)19(21)22/h4-5,8H,3,6-7,9H2,1-2H3. The average molecular weight is 366 g/mol. The molecule has 10 heteroatoms. The van der Waals surface area contributed by atoms with Crippen LogP contribution in [0, 0.1) is 10.1 Å². The minimum Gasteiger partial charge on any atom is -0.385 e. The summed E-state index contributed by atoms with van der Waals surface area (Å²) in [6, 6.07) is 2.26. The van der Waals surface area contributed by atoms with Crippen molar-refractivity contribution in [2.45, 2.75) is 17.5 Å². The molecule has 1 rings (SSSR count). The number of hydrogen-bond acceptors (Lipinski definition) is 5. The van der Waals surface area contributed by atoms with Crippen LogP contribution in [0.5, 0.6) is 0 Å². The highest BCUT2D eigenvalue weighted by Gasteiger charge is 2.33. The molecular weight excluding hydrogens is 349 g/mol. The predicted octanol–water partition coefficient (Wildman–Crippen LogP) is 3.20. The number of nitrogens with zero attached hydrogens (tertiary/aromatic N) is 2. The van der Waals surface area contributed by atoms with Crippen LogP contribution in [0.3, 0.4) is 0 Å². The lowest BCUT2D eigenvalue weighted by atomic mass is 10.2. The van der Waals surface area contributed by atoms with Gasteiger partial charge in [0.1, 0.15) is 0 Å². The van der Waals surface area contributed by atoms with Crippen molar-refractivity contribution < 1.29 is 27.6 Å². The summed E-state index contributed by atoms with van der Waals surface area (Å²) in [6.45, 7) is 0.956. The van der Waals surface area contributed by atoms with E-state index in [-0.39, 0.29) is 16.6 Å². The van der Waals surface area contributed by atoms with Crippen LogP contribution >= 0.6 is 11.8 Å². The fourth-order valence-corrected chi connectivity index (χ4v) is 2.72. The molecule has 24 heavy (non-hydrogen) atoms. The maximum absolute atomic E-state index is 12.6. The lowest BCUT2D eigenvalue weighted by Gasteiger charge is -2.16. The van der Waals surface area contributed by atoms with E-state index >= 15 is 0 Å². The number of carbonyl (C=O) groups is 1. The van der Waals surface area contributed by atoms with Gasteiger partial charge in [0.05, 0.1) is 21.1 Å². The molecule has 0 aliphatic carbocycles. The minimum absolute atomic E-state index is 0.0200. The first kappa shape index (κ1) is 20.2. The summed E-state index contributed by atoms with van der Waals surface area (Å²) in [6.07, 6.45) is -4.02. The van der Waals surface area contributed by atoms with Crippen molar-refractivity contribution in [1.82, 2.24) is 4.90 Å². The topological polar surface area (TPSA) is 72.7 Å². The molecule has 0 saturated heterocycles. The number of thioether (sulfide) groups is 1. The molecule has 0 N–H and O–H groups in total. The van der Waals surface area contributed by atoms with E-state index in [1.54, 1.807) is 14.2 Å². The molecule has 0 bridgehead atoms. The van der Waals surface area contributed by atoms with Crippen molar-refractivity contribution in [2.75, 3.05) is 33.1 Å². The summed E-state index contributed by atoms with van der Waals surface area (Å²) in [7, 11) is 3.13. The second-order valence-electron chi connectivity index (χ2n) is 4.89. The molecule has 134 valence electrons. The maximum Gasteiger partial charge on any atom is 0.416 e. The van der Waals surface area contributed by atoms with E-state index in [4.69, 9.17) is 4.74 Å². The van der Waals surface area contributed by atoms with Crippen LogP contribution in [0.25, 0.3) is 0 Å². The van der Waals surface area contributed by atoms with E-state index < -0.39 is 22.4 Å². The molecular formula is C14H17F3N2O4S. The Balaban J connectivity index is 2.77. The second kappa shape index (κ2) is 8.88. The molecule has 6 nitrogen and oxygen atoms in total. The first-order chi connectivity index (χ1) is 11.2. The number of methoxy groups -OCH3 is 1. The van der Waals surface area contributed by atoms with Crippen molar-refractivity contribution in [2.24, 2.45) is 0 Å². The van der Waals surface area contributed by atoms with Gasteiger partial charge in [-0.2, -0.15) is 13.2 Å². The molecule has 0 unspecified atom stereocenters. The van der Waals surface area contributed by atoms with Crippen molar-refractivity contribution in [3.05, 3.63) is 33.9 Å². The molecule has 0 aliphatic heterocycles. The van der Waals surface area contributed by atoms with Gasteiger partial charge in [0, 0.05) is 33.4 Å². The third-order valence-corrected chi connectivity index (χ3v) is 4.15. The Hall–Kier alpha value is -1.81. The molecule has 1 aromatic rings. The summed E-state index contributed by atoms with van der Waals surface area (Å²) in [5, 5.41) is 11.0. The van der Waals surface area contributed by atoms with Crippen LogP contribution in [0.4, 0.5) is 18.9 Å². The molecule has 0 saturated carbocycles. The number of amides is 1. The normalized spacial score (nSPS) is 11.4. The van der Waals surface area contributed by atoms with Gasteiger partial charge in [0.2, 0.25) is 5.91 Å². The Bertz CT molecular complexity index is 596. The number of hydrogen-bond donors (Lipinski definition) is 0. The van der Waals surface area contributed by atoms with Gasteiger partial charge in [0.25, 0.3) is 5.69 Å². The van der Waals surface area contributed by atoms with Gasteiger partial charge in [-0.3, -0.25) is 14.9 Å². The van der Waals surface area contributed by atoms with E-state index in [2.05, 4.69) is 0 Å². The van der Waals surface area contributed by atoms with Crippen LogP contribution in [0.2, 0.25) is 0 Å². The zero-order valence-electron chi connectivity index (χ0n) is 13.1. The van der Waals surface area contributed by atoms with Crippen molar-refractivity contribution in [1.29, 1.82) is 0 Å². The lowest BCUT2D eigenvalue weighted by Crippen LogP contribution is -2.29. The highest BCUT2D eigenvalue weighted by Crippen LogP contribution is 2.36. The monoisotopic (exact) mass is 366 g/mol. The Kier molecular flexibility index (Phi) is 7.49. The second-order valence-corrected chi connectivity index (χ2v) is 5.90. The Labute approximate surface area is 141 Å². The summed E-state index contributed by atoms with van der Waals surface area (Å²) in [5.74, 6) is -0.374. The van der Waals surface area contributed by atoms with E-state index in [0.29, 0.717) is 25.6 Å². The fourth-order valence-electron chi connectivity index (χ4n) is 1.78. The number of rotatable bonds is 8. The first-order valence-electron chi connectivity index (χ1n) is 6.88.